The number of nitrogens with two attached hydrogens (primary N) is 3. The minimum atomic E-state index is -1.76. The lowest BCUT2D eigenvalue weighted by atomic mass is 9.83. The Morgan fingerprint density at radius 2 is 1.70 bits per heavy atom. The molecule has 2 saturated heterocycles. The number of nitrogens with one attached hydrogen (secondary N) is 3. The topological polar surface area (TPSA) is 330 Å². The third kappa shape index (κ3) is 8.57. The van der Waals surface area contributed by atoms with Gasteiger partial charge in [-0.2, -0.15) is 0 Å². The highest BCUT2D eigenvalue weighted by molar-refractivity contribution is 5.81. The van der Waals surface area contributed by atoms with E-state index in [2.05, 4.69) is 16.0 Å². The van der Waals surface area contributed by atoms with Crippen LogP contribution >= 0.6 is 0 Å². The number of carbonyl (C=O) groups excluding carboxylic acids is 1. The van der Waals surface area contributed by atoms with Crippen molar-refractivity contribution in [2.75, 3.05) is 39.9 Å². The average Bonchev–Trinajstić information content (AvgIpc) is 2.98. The quantitative estimate of drug-likeness (QED) is 0.0886. The molecule has 258 valence electrons. The van der Waals surface area contributed by atoms with E-state index in [1.165, 1.54) is 14.0 Å². The molecule has 3 fully saturated rings. The largest absolute Gasteiger partial charge is 0.395 e. The van der Waals surface area contributed by atoms with Crippen LogP contribution in [0.25, 0.3) is 0 Å². The van der Waals surface area contributed by atoms with Gasteiger partial charge in [0, 0.05) is 31.7 Å². The maximum absolute atomic E-state index is 12.5. The molecule has 3 rings (SSSR count). The summed E-state index contributed by atoms with van der Waals surface area (Å²) in [5.41, 5.74) is 15.9. The molecule has 0 radical (unpaired) electrons. The van der Waals surface area contributed by atoms with Crippen molar-refractivity contribution in [3.63, 3.8) is 0 Å². The molecule has 1 unspecified atom stereocenters. The summed E-state index contributed by atoms with van der Waals surface area (Å²) in [7, 11) is 1.52. The van der Waals surface area contributed by atoms with Crippen molar-refractivity contribution in [1.29, 1.82) is 0 Å². The van der Waals surface area contributed by atoms with E-state index in [-0.39, 0.29) is 39.3 Å². The summed E-state index contributed by atoms with van der Waals surface area (Å²) < 4.78 is 23.1. The average molecular weight is 643 g/mol. The van der Waals surface area contributed by atoms with Crippen molar-refractivity contribution < 1.29 is 64.6 Å². The second-order valence-electron chi connectivity index (χ2n) is 11.9. The highest BCUT2D eigenvalue weighted by Crippen LogP contribution is 2.32. The molecule has 0 bridgehead atoms. The monoisotopic (exact) mass is 642 g/mol. The van der Waals surface area contributed by atoms with Crippen molar-refractivity contribution in [3.8, 4) is 0 Å². The van der Waals surface area contributed by atoms with E-state index in [0.29, 0.717) is 0 Å². The van der Waals surface area contributed by atoms with Crippen molar-refractivity contribution in [1.82, 2.24) is 16.0 Å². The molecule has 44 heavy (non-hydrogen) atoms. The molecule has 1 amide bonds. The maximum Gasteiger partial charge on any atom is 0.250 e. The minimum absolute atomic E-state index is 0.0472. The fraction of sp³-hybridized carbons (Fsp3) is 0.960. The highest BCUT2D eigenvalue weighted by atomic mass is 16.7. The van der Waals surface area contributed by atoms with E-state index < -0.39 is 103 Å². The summed E-state index contributed by atoms with van der Waals surface area (Å²) in [6, 6.07) is -3.59. The summed E-state index contributed by atoms with van der Waals surface area (Å²) in [5, 5.41) is 91.8. The van der Waals surface area contributed by atoms with Crippen LogP contribution in [-0.2, 0) is 23.7 Å². The summed E-state index contributed by atoms with van der Waals surface area (Å²) in [6.07, 6.45) is -16.6. The lowest BCUT2D eigenvalue weighted by Crippen LogP contribution is -2.70. The molecular formula is C25H50N6O13. The van der Waals surface area contributed by atoms with Crippen LogP contribution in [0.1, 0.15) is 13.3 Å². The van der Waals surface area contributed by atoms with Crippen molar-refractivity contribution in [2.24, 2.45) is 17.2 Å². The number of hydrogen-bond acceptors (Lipinski definition) is 18. The number of hydrogen-bond donors (Lipinski definition) is 14. The van der Waals surface area contributed by atoms with Gasteiger partial charge in [-0.15, -0.1) is 0 Å². The second-order valence-corrected chi connectivity index (χ2v) is 11.9. The van der Waals surface area contributed by atoms with Crippen LogP contribution in [0.2, 0.25) is 0 Å². The Bertz CT molecular complexity index is 911. The van der Waals surface area contributed by atoms with Gasteiger partial charge in [-0.3, -0.25) is 4.79 Å². The van der Waals surface area contributed by atoms with E-state index >= 15 is 0 Å². The first-order valence-corrected chi connectivity index (χ1v) is 14.6. The molecule has 2 aliphatic heterocycles. The van der Waals surface area contributed by atoms with Gasteiger partial charge in [0.05, 0.1) is 25.3 Å². The molecule has 2 heterocycles. The maximum atomic E-state index is 12.5. The first-order chi connectivity index (χ1) is 20.7. The van der Waals surface area contributed by atoms with E-state index in [1.807, 2.05) is 0 Å². The van der Waals surface area contributed by atoms with Crippen molar-refractivity contribution in [3.05, 3.63) is 0 Å². The van der Waals surface area contributed by atoms with E-state index in [0.717, 1.165) is 0 Å². The Kier molecular flexibility index (Phi) is 13.6. The number of amides is 1. The van der Waals surface area contributed by atoms with Gasteiger partial charge in [-0.05, 0) is 20.4 Å². The molecule has 0 aromatic carbocycles. The molecule has 19 heteroatoms. The van der Waals surface area contributed by atoms with Crippen LogP contribution in [0.3, 0.4) is 0 Å². The number of aliphatic hydroxyl groups is 8. The van der Waals surface area contributed by atoms with E-state index in [9.17, 15) is 40.5 Å². The zero-order valence-electron chi connectivity index (χ0n) is 24.8. The number of aliphatic hydroxyl groups excluding tert-OH is 7. The Labute approximate surface area is 254 Å². The Morgan fingerprint density at radius 1 is 1.05 bits per heavy atom. The third-order valence-corrected chi connectivity index (χ3v) is 8.25. The summed E-state index contributed by atoms with van der Waals surface area (Å²) in [5.74, 6) is -0.870. The zero-order chi connectivity index (χ0) is 32.9. The van der Waals surface area contributed by atoms with Crippen molar-refractivity contribution in [2.45, 2.75) is 111 Å². The van der Waals surface area contributed by atoms with E-state index in [1.54, 1.807) is 0 Å². The Morgan fingerprint density at radius 3 is 2.32 bits per heavy atom. The molecule has 1 aliphatic carbocycles. The van der Waals surface area contributed by atoms with Gasteiger partial charge in [0.2, 0.25) is 5.91 Å². The summed E-state index contributed by atoms with van der Waals surface area (Å²) in [6.45, 7) is 0.623. The van der Waals surface area contributed by atoms with Gasteiger partial charge < -0.3 is 93.0 Å². The van der Waals surface area contributed by atoms with Crippen LogP contribution in [0.15, 0.2) is 0 Å². The zero-order valence-corrected chi connectivity index (χ0v) is 24.8. The fourth-order valence-electron chi connectivity index (χ4n) is 5.67. The number of likely N-dealkylation sites (N-methyl/N-ethyl adjacent to an activating group) is 1. The van der Waals surface area contributed by atoms with Gasteiger partial charge in [0.15, 0.2) is 12.6 Å². The molecule has 17 N–H and O–H groups in total. The predicted molar refractivity (Wildman–Crippen MR) is 149 cm³/mol. The molecular weight excluding hydrogens is 592 g/mol. The molecule has 0 aromatic heterocycles. The predicted octanol–water partition coefficient (Wildman–Crippen LogP) is -8.57. The van der Waals surface area contributed by atoms with Crippen LogP contribution in [0.4, 0.5) is 0 Å². The molecule has 1 saturated carbocycles. The number of carbonyl (C=O) groups is 1. The van der Waals surface area contributed by atoms with Crippen LogP contribution in [0, 0.1) is 0 Å². The fourth-order valence-corrected chi connectivity index (χ4v) is 5.67. The molecule has 16 atom stereocenters. The Balaban J connectivity index is 1.80. The molecule has 0 aromatic rings. The third-order valence-electron chi connectivity index (χ3n) is 8.25. The first kappa shape index (κ1) is 37.2. The normalized spacial score (nSPS) is 44.6. The molecule has 3 aliphatic rings. The van der Waals surface area contributed by atoms with Gasteiger partial charge in [-0.1, -0.05) is 0 Å². The standard InChI is InChI=1S/C25H50N6O13/c1-25(40)8-41-23(18(38)21(25)29-2)44-20-11(31-22(39)12(33)4-26)3-10(28)19(17(20)37)43-24-16(36)15(35)14(34)13(42-24)6-30-5-9(27)7-32/h9-21,23-24,29-30,32-38,40H,3-8,26-28H2,1-2H3,(H,31,39)/t9?,10-,11+,12-,13+,14+,15-,16+,17-,18+,19+,20-,21+,23+,24+,25-/m0/s1. The van der Waals surface area contributed by atoms with Crippen LogP contribution in [-0.4, -0.2) is 184 Å². The van der Waals surface area contributed by atoms with Gasteiger partial charge in [0.1, 0.15) is 60.5 Å². The number of rotatable bonds is 13. The van der Waals surface area contributed by atoms with E-state index in [4.69, 9.17) is 41.3 Å². The van der Waals surface area contributed by atoms with Gasteiger partial charge >= 0.3 is 0 Å². The Hall–Kier alpha value is -1.21. The molecule has 0 spiro atoms. The van der Waals surface area contributed by atoms with Crippen LogP contribution in [0.5, 0.6) is 0 Å². The highest BCUT2D eigenvalue weighted by Gasteiger charge is 2.53. The van der Waals surface area contributed by atoms with Gasteiger partial charge in [0.25, 0.3) is 0 Å². The van der Waals surface area contributed by atoms with Crippen molar-refractivity contribution >= 4 is 5.91 Å². The number of ether oxygens (including phenoxy) is 4. The van der Waals surface area contributed by atoms with Gasteiger partial charge in [-0.25, -0.2) is 0 Å². The SMILES string of the molecule is CN[C@@H]1[C@@H](O)[C@@H](O[C@@H]2[C@@H](O)[C@H](O[C@H]3O[C@H](CNCC(N)CO)[C@@H](O)[C@H](O)[C@H]3O)[C@@H](N)C[C@H]2NC(=O)[C@@H](O)CN)OC[C@]1(C)O. The lowest BCUT2D eigenvalue weighted by molar-refractivity contribution is -0.330. The lowest BCUT2D eigenvalue weighted by Gasteiger charge is -2.49. The first-order valence-electron chi connectivity index (χ1n) is 14.6. The van der Waals surface area contributed by atoms with Crippen LogP contribution < -0.4 is 33.2 Å². The second kappa shape index (κ2) is 16.1. The smallest absolute Gasteiger partial charge is 0.250 e. The molecule has 19 nitrogen and oxygen atoms in total. The minimum Gasteiger partial charge on any atom is -0.395 e. The summed E-state index contributed by atoms with van der Waals surface area (Å²) >= 11 is 0. The summed E-state index contributed by atoms with van der Waals surface area (Å²) in [4.78, 5) is 12.5.